The Bertz CT molecular complexity index is 726. The SMILES string of the molecule is CCCCCCCCCCCCCC/C=C(/CCCCCCCCCCCCCCC)C(C(=O)OCCN(C)C)C(=O)OCCN(C)C. The lowest BCUT2D eigenvalue weighted by molar-refractivity contribution is -0.160. The first kappa shape index (κ1) is 46.6. The van der Waals surface area contributed by atoms with Crippen LogP contribution in [0.4, 0.5) is 0 Å². The first-order valence-corrected chi connectivity index (χ1v) is 20.6. The minimum absolute atomic E-state index is 0.276. The normalized spacial score (nSPS) is 12.1. The second-order valence-corrected chi connectivity index (χ2v) is 14.8. The maximum absolute atomic E-state index is 13.4. The van der Waals surface area contributed by atoms with Crippen molar-refractivity contribution in [2.45, 2.75) is 187 Å². The molecule has 0 aromatic rings. The summed E-state index contributed by atoms with van der Waals surface area (Å²) in [5.74, 6) is -1.87. The molecule has 284 valence electrons. The smallest absolute Gasteiger partial charge is 0.324 e. The van der Waals surface area contributed by atoms with Crippen LogP contribution >= 0.6 is 0 Å². The average molecular weight is 679 g/mol. The number of ether oxygens (including phenoxy) is 2. The first-order chi connectivity index (χ1) is 23.3. The van der Waals surface area contributed by atoms with E-state index in [9.17, 15) is 9.59 Å². The Morgan fingerprint density at radius 1 is 0.479 bits per heavy atom. The molecule has 0 saturated carbocycles. The van der Waals surface area contributed by atoms with Crippen molar-refractivity contribution in [2.75, 3.05) is 54.5 Å². The van der Waals surface area contributed by atoms with Crippen LogP contribution in [0.2, 0.25) is 0 Å². The molecule has 6 heteroatoms. The summed E-state index contributed by atoms with van der Waals surface area (Å²) in [6.07, 6.45) is 36.6. The number of rotatable bonds is 36. The Labute approximate surface area is 299 Å². The van der Waals surface area contributed by atoms with Gasteiger partial charge >= 0.3 is 11.9 Å². The lowest BCUT2D eigenvalue weighted by Gasteiger charge is -2.20. The Morgan fingerprint density at radius 3 is 1.12 bits per heavy atom. The fourth-order valence-electron chi connectivity index (χ4n) is 6.21. The lowest BCUT2D eigenvalue weighted by Crippen LogP contribution is -2.33. The van der Waals surface area contributed by atoms with E-state index in [0.29, 0.717) is 13.1 Å². The van der Waals surface area contributed by atoms with Gasteiger partial charge in [0, 0.05) is 13.1 Å². The summed E-state index contributed by atoms with van der Waals surface area (Å²) in [4.78, 5) is 30.7. The highest BCUT2D eigenvalue weighted by Gasteiger charge is 2.33. The van der Waals surface area contributed by atoms with E-state index < -0.39 is 17.9 Å². The Morgan fingerprint density at radius 2 is 0.792 bits per heavy atom. The number of esters is 2. The summed E-state index contributed by atoms with van der Waals surface area (Å²) < 4.78 is 11.3. The molecular formula is C42H82N2O4. The zero-order valence-electron chi connectivity index (χ0n) is 33.1. The van der Waals surface area contributed by atoms with E-state index in [0.717, 1.165) is 37.7 Å². The standard InChI is InChI=1S/C42H82N2O4/c1-7-9-11-13-15-17-19-21-23-25-27-29-31-33-39(34-32-30-28-26-24-22-20-18-16-14-12-10-8-2)40(41(45)47-37-35-43(3)4)42(46)48-38-36-44(5)6/h33,40H,7-32,34-38H2,1-6H3/b39-33-. The van der Waals surface area contributed by atoms with Gasteiger partial charge in [-0.05, 0) is 59.4 Å². The maximum atomic E-state index is 13.4. The number of hydrogen-bond donors (Lipinski definition) is 0. The van der Waals surface area contributed by atoms with Gasteiger partial charge in [-0.15, -0.1) is 0 Å². The number of carbonyl (C=O) groups excluding carboxylic acids is 2. The highest BCUT2D eigenvalue weighted by atomic mass is 16.6. The van der Waals surface area contributed by atoms with Gasteiger partial charge in [0.05, 0.1) is 0 Å². The van der Waals surface area contributed by atoms with Crippen molar-refractivity contribution < 1.29 is 19.1 Å². The molecule has 0 radical (unpaired) electrons. The van der Waals surface area contributed by atoms with Gasteiger partial charge in [0.2, 0.25) is 0 Å². The van der Waals surface area contributed by atoms with E-state index in [4.69, 9.17) is 9.47 Å². The van der Waals surface area contributed by atoms with Crippen LogP contribution in [-0.2, 0) is 19.1 Å². The number of hydrogen-bond acceptors (Lipinski definition) is 6. The van der Waals surface area contributed by atoms with Gasteiger partial charge in [-0.25, -0.2) is 0 Å². The third kappa shape index (κ3) is 30.6. The van der Waals surface area contributed by atoms with Crippen LogP contribution in [0.3, 0.4) is 0 Å². The number of unbranched alkanes of at least 4 members (excludes halogenated alkanes) is 24. The molecule has 48 heavy (non-hydrogen) atoms. The summed E-state index contributed by atoms with van der Waals surface area (Å²) in [5.41, 5.74) is 0.908. The van der Waals surface area contributed by atoms with Gasteiger partial charge in [-0.1, -0.05) is 168 Å². The van der Waals surface area contributed by atoms with Crippen molar-refractivity contribution in [3.63, 3.8) is 0 Å². The number of nitrogens with zero attached hydrogens (tertiary/aromatic N) is 2. The molecule has 0 spiro atoms. The lowest BCUT2D eigenvalue weighted by atomic mass is 9.92. The van der Waals surface area contributed by atoms with Gasteiger partial charge in [-0.3, -0.25) is 9.59 Å². The third-order valence-corrected chi connectivity index (χ3v) is 9.44. The predicted octanol–water partition coefficient (Wildman–Crippen LogP) is 11.3. The summed E-state index contributed by atoms with van der Waals surface area (Å²) in [7, 11) is 7.82. The van der Waals surface area contributed by atoms with Crippen molar-refractivity contribution in [2.24, 2.45) is 5.92 Å². The molecular weight excluding hydrogens is 596 g/mol. The van der Waals surface area contributed by atoms with E-state index in [2.05, 4.69) is 19.9 Å². The molecule has 6 nitrogen and oxygen atoms in total. The maximum Gasteiger partial charge on any atom is 0.324 e. The van der Waals surface area contributed by atoms with Gasteiger partial charge in [0.25, 0.3) is 0 Å². The monoisotopic (exact) mass is 679 g/mol. The molecule has 0 unspecified atom stereocenters. The molecule has 0 aliphatic rings. The Hall–Kier alpha value is -1.40. The van der Waals surface area contributed by atoms with Crippen LogP contribution < -0.4 is 0 Å². The van der Waals surface area contributed by atoms with Crippen LogP contribution in [0.25, 0.3) is 0 Å². The highest BCUT2D eigenvalue weighted by Crippen LogP contribution is 2.24. The van der Waals surface area contributed by atoms with Gasteiger partial charge < -0.3 is 19.3 Å². The zero-order valence-corrected chi connectivity index (χ0v) is 33.1. The van der Waals surface area contributed by atoms with E-state index in [-0.39, 0.29) is 13.2 Å². The molecule has 0 heterocycles. The van der Waals surface area contributed by atoms with Crippen molar-refractivity contribution in [3.8, 4) is 0 Å². The van der Waals surface area contributed by atoms with E-state index in [1.165, 1.54) is 141 Å². The molecule has 0 bridgehead atoms. The minimum atomic E-state index is -0.955. The fourth-order valence-corrected chi connectivity index (χ4v) is 6.21. The van der Waals surface area contributed by atoms with Crippen LogP contribution in [-0.4, -0.2) is 76.2 Å². The number of carbonyl (C=O) groups is 2. The van der Waals surface area contributed by atoms with Crippen LogP contribution in [0.15, 0.2) is 11.6 Å². The second kappa shape index (κ2) is 35.4. The zero-order chi connectivity index (χ0) is 35.5. The third-order valence-electron chi connectivity index (χ3n) is 9.44. The van der Waals surface area contributed by atoms with Crippen LogP contribution in [0.5, 0.6) is 0 Å². The van der Waals surface area contributed by atoms with E-state index in [1.54, 1.807) is 0 Å². The van der Waals surface area contributed by atoms with E-state index in [1.807, 2.05) is 38.0 Å². The topological polar surface area (TPSA) is 59.1 Å². The minimum Gasteiger partial charge on any atom is -0.463 e. The van der Waals surface area contributed by atoms with Crippen molar-refractivity contribution >= 4 is 11.9 Å². The van der Waals surface area contributed by atoms with Crippen molar-refractivity contribution in [1.82, 2.24) is 9.80 Å². The summed E-state index contributed by atoms with van der Waals surface area (Å²) in [6, 6.07) is 0. The quantitative estimate of drug-likeness (QED) is 0.0284. The number of allylic oxidation sites excluding steroid dienone is 1. The molecule has 0 fully saturated rings. The molecule has 0 aromatic heterocycles. The molecule has 0 atom stereocenters. The van der Waals surface area contributed by atoms with Crippen molar-refractivity contribution in [1.29, 1.82) is 0 Å². The van der Waals surface area contributed by atoms with Crippen LogP contribution in [0.1, 0.15) is 187 Å². The van der Waals surface area contributed by atoms with Gasteiger partial charge in [-0.2, -0.15) is 0 Å². The molecule has 0 amide bonds. The number of likely N-dealkylation sites (N-methyl/N-ethyl adjacent to an activating group) is 2. The van der Waals surface area contributed by atoms with Gasteiger partial charge in [0.15, 0.2) is 5.92 Å². The molecule has 0 aromatic carbocycles. The molecule has 0 aliphatic heterocycles. The second-order valence-electron chi connectivity index (χ2n) is 14.8. The fraction of sp³-hybridized carbons (Fsp3) is 0.905. The van der Waals surface area contributed by atoms with Crippen LogP contribution in [0, 0.1) is 5.92 Å². The molecule has 0 rings (SSSR count). The molecule has 0 N–H and O–H groups in total. The largest absolute Gasteiger partial charge is 0.463 e. The highest BCUT2D eigenvalue weighted by molar-refractivity contribution is 5.98. The Kier molecular flexibility index (Phi) is 34.4. The Balaban J connectivity index is 4.95. The summed E-state index contributed by atoms with van der Waals surface area (Å²) in [6.45, 7) is 6.36. The average Bonchev–Trinajstić information content (AvgIpc) is 3.04. The predicted molar refractivity (Wildman–Crippen MR) is 207 cm³/mol. The van der Waals surface area contributed by atoms with Crippen molar-refractivity contribution in [3.05, 3.63) is 11.6 Å². The summed E-state index contributed by atoms with van der Waals surface area (Å²) in [5, 5.41) is 0. The molecule has 0 aliphatic carbocycles. The molecule has 0 saturated heterocycles. The van der Waals surface area contributed by atoms with E-state index >= 15 is 0 Å². The summed E-state index contributed by atoms with van der Waals surface area (Å²) >= 11 is 0. The van der Waals surface area contributed by atoms with Gasteiger partial charge in [0.1, 0.15) is 13.2 Å². The first-order valence-electron chi connectivity index (χ1n) is 20.6.